The maximum Gasteiger partial charge on any atom is 0.253 e. The average molecular weight is 641 g/mol. The van der Waals surface area contributed by atoms with Crippen LogP contribution in [-0.4, -0.2) is 50.2 Å². The molecule has 0 saturated carbocycles. The molecule has 2 aromatic heterocycles. The predicted molar refractivity (Wildman–Crippen MR) is 172 cm³/mol. The summed E-state index contributed by atoms with van der Waals surface area (Å²) in [6, 6.07) is 26.5. The molecule has 1 unspecified atom stereocenters. The Morgan fingerprint density at radius 1 is 1.02 bits per heavy atom. The number of thioether (sulfide) groups is 1. The Kier molecular flexibility index (Phi) is 9.32. The van der Waals surface area contributed by atoms with Crippen molar-refractivity contribution in [2.75, 3.05) is 12.9 Å². The molecule has 3 heterocycles. The molecule has 1 aliphatic rings. The SMILES string of the molecule is COc1cccc(C(=O)NCc2nnc(SCC(=O)N3N=C(c4cccs4)CC3c3ccc(F)cc3)n2Cc2ccccc2)c1. The van der Waals surface area contributed by atoms with Crippen molar-refractivity contribution in [2.24, 2.45) is 5.10 Å². The number of methoxy groups -OCH3 is 1. The molecule has 0 bridgehead atoms. The van der Waals surface area contributed by atoms with E-state index in [0.717, 1.165) is 21.7 Å². The number of benzene rings is 3. The van der Waals surface area contributed by atoms with E-state index in [4.69, 9.17) is 9.84 Å². The number of hydrazone groups is 1. The number of aromatic nitrogens is 3. The molecule has 0 radical (unpaired) electrons. The minimum atomic E-state index is -0.347. The van der Waals surface area contributed by atoms with Gasteiger partial charge >= 0.3 is 0 Å². The lowest BCUT2D eigenvalue weighted by Gasteiger charge is -2.22. The van der Waals surface area contributed by atoms with Crippen molar-refractivity contribution in [2.45, 2.75) is 30.7 Å². The first-order chi connectivity index (χ1) is 22.0. The van der Waals surface area contributed by atoms with E-state index in [2.05, 4.69) is 15.5 Å². The van der Waals surface area contributed by atoms with Crippen LogP contribution in [0.25, 0.3) is 0 Å². The molecule has 0 aliphatic carbocycles. The first kappa shape index (κ1) is 30.2. The van der Waals surface area contributed by atoms with Crippen LogP contribution in [0.5, 0.6) is 5.75 Å². The summed E-state index contributed by atoms with van der Waals surface area (Å²) in [7, 11) is 1.55. The second-order valence-electron chi connectivity index (χ2n) is 10.2. The highest BCUT2D eigenvalue weighted by molar-refractivity contribution is 7.99. The van der Waals surface area contributed by atoms with E-state index in [1.165, 1.54) is 28.9 Å². The Labute approximate surface area is 267 Å². The van der Waals surface area contributed by atoms with E-state index >= 15 is 0 Å². The lowest BCUT2D eigenvalue weighted by atomic mass is 10.0. The minimum absolute atomic E-state index is 0.0575. The van der Waals surface area contributed by atoms with Crippen molar-refractivity contribution >= 4 is 40.6 Å². The Balaban J connectivity index is 1.20. The van der Waals surface area contributed by atoms with Gasteiger partial charge in [-0.25, -0.2) is 9.40 Å². The molecule has 3 aromatic carbocycles. The van der Waals surface area contributed by atoms with Gasteiger partial charge in [0.25, 0.3) is 11.8 Å². The zero-order chi connectivity index (χ0) is 31.2. The fourth-order valence-electron chi connectivity index (χ4n) is 4.98. The number of carbonyl (C=O) groups is 2. The van der Waals surface area contributed by atoms with Gasteiger partial charge in [0.15, 0.2) is 11.0 Å². The van der Waals surface area contributed by atoms with Crippen LogP contribution >= 0.6 is 23.1 Å². The van der Waals surface area contributed by atoms with Crippen molar-refractivity contribution in [1.29, 1.82) is 0 Å². The molecule has 0 fully saturated rings. The molecule has 45 heavy (non-hydrogen) atoms. The quantitative estimate of drug-likeness (QED) is 0.180. The first-order valence-electron chi connectivity index (χ1n) is 14.2. The largest absolute Gasteiger partial charge is 0.497 e. The predicted octanol–water partition coefficient (Wildman–Crippen LogP) is 5.94. The fourth-order valence-corrected chi connectivity index (χ4v) is 6.51. The second kappa shape index (κ2) is 13.9. The molecule has 0 saturated heterocycles. The monoisotopic (exact) mass is 640 g/mol. The molecule has 0 spiro atoms. The van der Waals surface area contributed by atoms with Crippen LogP contribution in [0, 0.1) is 5.82 Å². The third kappa shape index (κ3) is 7.13. The van der Waals surface area contributed by atoms with Crippen LogP contribution in [0.4, 0.5) is 4.39 Å². The summed E-state index contributed by atoms with van der Waals surface area (Å²) in [6.45, 7) is 0.592. The number of rotatable bonds is 11. The number of carbonyl (C=O) groups excluding carboxylic acids is 2. The van der Waals surface area contributed by atoms with Gasteiger partial charge in [0, 0.05) is 12.0 Å². The van der Waals surface area contributed by atoms with Crippen molar-refractivity contribution in [3.8, 4) is 5.75 Å². The number of thiophene rings is 1. The number of halogens is 1. The highest BCUT2D eigenvalue weighted by Crippen LogP contribution is 2.35. The number of amides is 2. The van der Waals surface area contributed by atoms with Crippen molar-refractivity contribution in [1.82, 2.24) is 25.1 Å². The van der Waals surface area contributed by atoms with E-state index in [0.29, 0.717) is 35.3 Å². The minimum Gasteiger partial charge on any atom is -0.497 e. The van der Waals surface area contributed by atoms with Gasteiger partial charge in [-0.15, -0.1) is 21.5 Å². The molecular formula is C33H29FN6O3S2. The van der Waals surface area contributed by atoms with Crippen LogP contribution in [0.15, 0.2) is 107 Å². The third-order valence-corrected chi connectivity index (χ3v) is 9.14. The van der Waals surface area contributed by atoms with Crippen LogP contribution in [0.2, 0.25) is 0 Å². The lowest BCUT2D eigenvalue weighted by molar-refractivity contribution is -0.130. The van der Waals surface area contributed by atoms with E-state index in [-0.39, 0.29) is 36.0 Å². The highest BCUT2D eigenvalue weighted by atomic mass is 32.2. The summed E-state index contributed by atoms with van der Waals surface area (Å²) in [5.74, 6) is 0.383. The maximum atomic E-state index is 13.7. The van der Waals surface area contributed by atoms with Crippen LogP contribution in [0.3, 0.4) is 0 Å². The molecule has 2 amide bonds. The zero-order valence-electron chi connectivity index (χ0n) is 24.3. The molecular weight excluding hydrogens is 612 g/mol. The first-order valence-corrected chi connectivity index (χ1v) is 16.0. The average Bonchev–Trinajstić information content (AvgIpc) is 3.84. The van der Waals surface area contributed by atoms with E-state index in [9.17, 15) is 14.0 Å². The van der Waals surface area contributed by atoms with Gasteiger partial charge in [-0.2, -0.15) is 5.10 Å². The van der Waals surface area contributed by atoms with Gasteiger partial charge in [-0.05, 0) is 52.9 Å². The summed E-state index contributed by atoms with van der Waals surface area (Å²) < 4.78 is 20.8. The maximum absolute atomic E-state index is 13.7. The Bertz CT molecular complexity index is 1810. The van der Waals surface area contributed by atoms with Crippen LogP contribution < -0.4 is 10.1 Å². The summed E-state index contributed by atoms with van der Waals surface area (Å²) in [6.07, 6.45) is 0.532. The van der Waals surface area contributed by atoms with E-state index in [1.54, 1.807) is 54.8 Å². The summed E-state index contributed by atoms with van der Waals surface area (Å²) in [5, 5.41) is 20.4. The normalized spacial score (nSPS) is 14.3. The van der Waals surface area contributed by atoms with Gasteiger partial charge in [0.05, 0.1) is 42.6 Å². The van der Waals surface area contributed by atoms with Crippen molar-refractivity contribution in [3.05, 3.63) is 130 Å². The fraction of sp³-hybridized carbons (Fsp3) is 0.182. The number of hydrogen-bond acceptors (Lipinski definition) is 8. The molecule has 1 aliphatic heterocycles. The molecule has 5 aromatic rings. The Morgan fingerprint density at radius 2 is 1.84 bits per heavy atom. The summed E-state index contributed by atoms with van der Waals surface area (Å²) in [5.41, 5.74) is 3.12. The molecule has 1 atom stereocenters. The van der Waals surface area contributed by atoms with Gasteiger partial charge in [-0.3, -0.25) is 9.59 Å². The standard InChI is InChI=1S/C33H29FN6O3S2/c1-43-26-10-5-9-24(17-26)32(42)35-19-30-36-37-33(39(30)20-22-7-3-2-4-8-22)45-21-31(41)40-28(23-12-14-25(34)15-13-23)18-27(38-40)29-11-6-16-44-29/h2-17,28H,18-21H2,1H3,(H,35,42). The van der Waals surface area contributed by atoms with Gasteiger partial charge in [-0.1, -0.05) is 66.4 Å². The Hall–Kier alpha value is -4.81. The summed E-state index contributed by atoms with van der Waals surface area (Å²) >= 11 is 2.82. The summed E-state index contributed by atoms with van der Waals surface area (Å²) in [4.78, 5) is 27.6. The van der Waals surface area contributed by atoms with E-state index in [1.807, 2.05) is 52.4 Å². The van der Waals surface area contributed by atoms with E-state index < -0.39 is 0 Å². The highest BCUT2D eigenvalue weighted by Gasteiger charge is 2.33. The van der Waals surface area contributed by atoms with Gasteiger partial charge in [0.2, 0.25) is 0 Å². The molecule has 1 N–H and O–H groups in total. The third-order valence-electron chi connectivity index (χ3n) is 7.27. The molecule has 6 rings (SSSR count). The van der Waals surface area contributed by atoms with Crippen LogP contribution in [-0.2, 0) is 17.9 Å². The number of hydrogen-bond donors (Lipinski definition) is 1. The molecule has 228 valence electrons. The topological polar surface area (TPSA) is 102 Å². The lowest BCUT2D eigenvalue weighted by Crippen LogP contribution is -2.28. The van der Waals surface area contributed by atoms with Crippen LogP contribution in [0.1, 0.15) is 44.6 Å². The molecule has 9 nitrogen and oxygen atoms in total. The van der Waals surface area contributed by atoms with Gasteiger partial charge in [0.1, 0.15) is 11.6 Å². The number of nitrogens with zero attached hydrogens (tertiary/aromatic N) is 5. The molecule has 12 heteroatoms. The van der Waals surface area contributed by atoms with Crippen molar-refractivity contribution < 1.29 is 18.7 Å². The second-order valence-corrected chi connectivity index (χ2v) is 12.1. The Morgan fingerprint density at radius 3 is 2.60 bits per heavy atom. The van der Waals surface area contributed by atoms with Crippen molar-refractivity contribution in [3.63, 3.8) is 0 Å². The smallest absolute Gasteiger partial charge is 0.253 e. The number of nitrogens with one attached hydrogen (secondary N) is 1. The number of ether oxygens (including phenoxy) is 1. The zero-order valence-corrected chi connectivity index (χ0v) is 25.9. The van der Waals surface area contributed by atoms with Gasteiger partial charge < -0.3 is 14.6 Å².